The third-order valence-electron chi connectivity index (χ3n) is 5.57. The highest BCUT2D eigenvalue weighted by Gasteiger charge is 2.17. The van der Waals surface area contributed by atoms with Gasteiger partial charge in [0.15, 0.2) is 28.3 Å². The van der Waals surface area contributed by atoms with E-state index in [0.717, 1.165) is 23.6 Å². The standard InChI is InChI=1S/C27H27N3O4S/c1-32-22-12-9-20(10-13-22)26-28-29-27(30(26)16-15-19-7-5-4-6-8-19)35-18-23(31)21-11-14-24(33-2)25(17-21)34-3/h4-14,17H,15-16,18H2,1-3H3. The largest absolute Gasteiger partial charge is 0.497 e. The van der Waals surface area contributed by atoms with Crippen molar-refractivity contribution >= 4 is 17.5 Å². The summed E-state index contributed by atoms with van der Waals surface area (Å²) in [7, 11) is 4.76. The summed E-state index contributed by atoms with van der Waals surface area (Å²) in [4.78, 5) is 12.9. The molecule has 1 heterocycles. The van der Waals surface area contributed by atoms with Crippen LogP contribution in [0.3, 0.4) is 0 Å². The van der Waals surface area contributed by atoms with Crippen LogP contribution in [0, 0.1) is 0 Å². The summed E-state index contributed by atoms with van der Waals surface area (Å²) in [5.74, 6) is 2.84. The van der Waals surface area contributed by atoms with Crippen LogP contribution in [0.5, 0.6) is 17.2 Å². The number of ether oxygens (including phenoxy) is 3. The number of nitrogens with zero attached hydrogens (tertiary/aromatic N) is 3. The molecule has 8 heteroatoms. The van der Waals surface area contributed by atoms with Crippen LogP contribution in [0.25, 0.3) is 11.4 Å². The van der Waals surface area contributed by atoms with Crippen LogP contribution >= 0.6 is 11.8 Å². The van der Waals surface area contributed by atoms with Crippen LogP contribution in [0.1, 0.15) is 15.9 Å². The van der Waals surface area contributed by atoms with Crippen molar-refractivity contribution in [2.75, 3.05) is 27.1 Å². The molecule has 4 aromatic rings. The van der Waals surface area contributed by atoms with Gasteiger partial charge in [0.05, 0.1) is 27.1 Å². The molecule has 0 amide bonds. The normalized spacial score (nSPS) is 10.7. The molecule has 0 bridgehead atoms. The Kier molecular flexibility index (Phi) is 8.05. The zero-order valence-corrected chi connectivity index (χ0v) is 20.7. The van der Waals surface area contributed by atoms with E-state index in [-0.39, 0.29) is 11.5 Å². The van der Waals surface area contributed by atoms with E-state index in [1.54, 1.807) is 39.5 Å². The number of aryl methyl sites for hydroxylation is 1. The van der Waals surface area contributed by atoms with Gasteiger partial charge in [0, 0.05) is 17.7 Å². The lowest BCUT2D eigenvalue weighted by molar-refractivity contribution is 0.102. The predicted octanol–water partition coefficient (Wildman–Crippen LogP) is 5.19. The Morgan fingerprint density at radius 1 is 0.857 bits per heavy atom. The average molecular weight is 490 g/mol. The Labute approximate surface area is 209 Å². The minimum atomic E-state index is -0.0282. The fourth-order valence-electron chi connectivity index (χ4n) is 3.66. The van der Waals surface area contributed by atoms with Crippen molar-refractivity contribution in [3.05, 3.63) is 83.9 Å². The van der Waals surface area contributed by atoms with Gasteiger partial charge in [-0.15, -0.1) is 10.2 Å². The topological polar surface area (TPSA) is 75.5 Å². The second-order valence-electron chi connectivity index (χ2n) is 7.70. The van der Waals surface area contributed by atoms with Crippen molar-refractivity contribution in [3.8, 4) is 28.6 Å². The first-order valence-electron chi connectivity index (χ1n) is 11.1. The fraction of sp³-hybridized carbons (Fsp3) is 0.222. The number of ketones is 1. The number of carbonyl (C=O) groups excluding carboxylic acids is 1. The van der Waals surface area contributed by atoms with Crippen LogP contribution in [0.4, 0.5) is 0 Å². The van der Waals surface area contributed by atoms with E-state index < -0.39 is 0 Å². The van der Waals surface area contributed by atoms with Crippen molar-refractivity contribution in [3.63, 3.8) is 0 Å². The number of hydrogen-bond acceptors (Lipinski definition) is 7. The van der Waals surface area contributed by atoms with Crippen LogP contribution in [0.15, 0.2) is 78.0 Å². The van der Waals surface area contributed by atoms with Gasteiger partial charge in [0.25, 0.3) is 0 Å². The summed E-state index contributed by atoms with van der Waals surface area (Å²) in [6, 6.07) is 23.2. The van der Waals surface area contributed by atoms with Crippen LogP contribution < -0.4 is 14.2 Å². The maximum atomic E-state index is 12.9. The molecule has 0 spiro atoms. The van der Waals surface area contributed by atoms with Crippen molar-refractivity contribution in [2.24, 2.45) is 0 Å². The average Bonchev–Trinajstić information content (AvgIpc) is 3.33. The molecule has 0 aliphatic rings. The van der Waals surface area contributed by atoms with Crippen LogP contribution in [-0.2, 0) is 13.0 Å². The SMILES string of the molecule is COc1ccc(-c2nnc(SCC(=O)c3ccc(OC)c(OC)c3)n2CCc2ccccc2)cc1. The number of rotatable bonds is 11. The maximum Gasteiger partial charge on any atom is 0.191 e. The third kappa shape index (κ3) is 5.84. The van der Waals surface area contributed by atoms with Gasteiger partial charge in [-0.05, 0) is 54.4 Å². The lowest BCUT2D eigenvalue weighted by atomic mass is 10.1. The highest BCUT2D eigenvalue weighted by molar-refractivity contribution is 7.99. The van der Waals surface area contributed by atoms with Gasteiger partial charge >= 0.3 is 0 Å². The summed E-state index contributed by atoms with van der Waals surface area (Å²) in [6.45, 7) is 0.686. The highest BCUT2D eigenvalue weighted by Crippen LogP contribution is 2.30. The van der Waals surface area contributed by atoms with Gasteiger partial charge in [-0.1, -0.05) is 42.1 Å². The third-order valence-corrected chi connectivity index (χ3v) is 6.54. The van der Waals surface area contributed by atoms with E-state index in [9.17, 15) is 4.79 Å². The number of hydrogen-bond donors (Lipinski definition) is 0. The zero-order chi connectivity index (χ0) is 24.6. The zero-order valence-electron chi connectivity index (χ0n) is 19.9. The highest BCUT2D eigenvalue weighted by atomic mass is 32.2. The Balaban J connectivity index is 1.56. The summed E-state index contributed by atoms with van der Waals surface area (Å²) in [6.07, 6.45) is 0.819. The van der Waals surface area contributed by atoms with Gasteiger partial charge in [-0.3, -0.25) is 4.79 Å². The molecule has 0 fully saturated rings. The molecular formula is C27H27N3O4S. The Bertz CT molecular complexity index is 1270. The Hall–Kier alpha value is -3.78. The summed E-state index contributed by atoms with van der Waals surface area (Å²) in [5.41, 5.74) is 2.71. The first-order chi connectivity index (χ1) is 17.1. The van der Waals surface area contributed by atoms with Crippen molar-refractivity contribution in [2.45, 2.75) is 18.1 Å². The number of Topliss-reactive ketones (excluding diaryl/α,β-unsaturated/α-hetero) is 1. The van der Waals surface area contributed by atoms with Crippen LogP contribution in [-0.4, -0.2) is 47.6 Å². The van der Waals surface area contributed by atoms with Crippen LogP contribution in [0.2, 0.25) is 0 Å². The second-order valence-corrected chi connectivity index (χ2v) is 8.65. The number of aromatic nitrogens is 3. The van der Waals surface area contributed by atoms with E-state index in [1.807, 2.05) is 42.5 Å². The van der Waals surface area contributed by atoms with Crippen molar-refractivity contribution < 1.29 is 19.0 Å². The molecule has 0 atom stereocenters. The van der Waals surface area contributed by atoms with E-state index in [0.29, 0.717) is 28.8 Å². The molecule has 0 N–H and O–H groups in total. The first kappa shape index (κ1) is 24.3. The molecule has 0 unspecified atom stereocenters. The number of thioether (sulfide) groups is 1. The Morgan fingerprint density at radius 2 is 1.60 bits per heavy atom. The molecule has 4 rings (SSSR count). The molecule has 7 nitrogen and oxygen atoms in total. The molecule has 0 saturated carbocycles. The van der Waals surface area contributed by atoms with Gasteiger partial charge in [-0.2, -0.15) is 0 Å². The minimum absolute atomic E-state index is 0.0282. The van der Waals surface area contributed by atoms with E-state index in [1.165, 1.54) is 17.3 Å². The fourth-order valence-corrected chi connectivity index (χ4v) is 4.52. The molecule has 0 aliphatic carbocycles. The maximum absolute atomic E-state index is 12.9. The minimum Gasteiger partial charge on any atom is -0.497 e. The van der Waals surface area contributed by atoms with Gasteiger partial charge in [0.1, 0.15) is 5.75 Å². The van der Waals surface area contributed by atoms with E-state index >= 15 is 0 Å². The van der Waals surface area contributed by atoms with E-state index in [4.69, 9.17) is 14.2 Å². The number of benzene rings is 3. The number of carbonyl (C=O) groups is 1. The predicted molar refractivity (Wildman–Crippen MR) is 137 cm³/mol. The lowest BCUT2D eigenvalue weighted by Crippen LogP contribution is -2.08. The number of methoxy groups -OCH3 is 3. The van der Waals surface area contributed by atoms with Crippen molar-refractivity contribution in [1.82, 2.24) is 14.8 Å². The monoisotopic (exact) mass is 489 g/mol. The smallest absolute Gasteiger partial charge is 0.191 e. The van der Waals surface area contributed by atoms with Gasteiger partial charge in [-0.25, -0.2) is 0 Å². The molecule has 0 aliphatic heterocycles. The molecule has 1 aromatic heterocycles. The van der Waals surface area contributed by atoms with Gasteiger partial charge in [0.2, 0.25) is 0 Å². The summed E-state index contributed by atoms with van der Waals surface area (Å²) in [5, 5.41) is 9.58. The van der Waals surface area contributed by atoms with Gasteiger partial charge < -0.3 is 18.8 Å². The lowest BCUT2D eigenvalue weighted by Gasteiger charge is -2.11. The Morgan fingerprint density at radius 3 is 2.29 bits per heavy atom. The quantitative estimate of drug-likeness (QED) is 0.212. The second kappa shape index (κ2) is 11.6. The molecule has 180 valence electrons. The first-order valence-corrected chi connectivity index (χ1v) is 12.1. The molecule has 35 heavy (non-hydrogen) atoms. The molecule has 0 radical (unpaired) electrons. The van der Waals surface area contributed by atoms with E-state index in [2.05, 4.69) is 26.9 Å². The van der Waals surface area contributed by atoms with Crippen molar-refractivity contribution in [1.29, 1.82) is 0 Å². The molecule has 0 saturated heterocycles. The summed E-state index contributed by atoms with van der Waals surface area (Å²) >= 11 is 1.37. The molecular weight excluding hydrogens is 462 g/mol. The summed E-state index contributed by atoms with van der Waals surface area (Å²) < 4.78 is 18.0. The molecule has 3 aromatic carbocycles.